The number of unbranched alkanes of at least 4 members (excludes halogenated alkanes) is 1. The molecule has 0 spiro atoms. The fourth-order valence-electron chi connectivity index (χ4n) is 3.45. The normalized spacial score (nSPS) is 15.8. The highest BCUT2D eigenvalue weighted by atomic mass is 35.5. The molecular weight excluding hydrogens is 435 g/mol. The summed E-state index contributed by atoms with van der Waals surface area (Å²) in [6.07, 6.45) is 2.32. The second-order valence-electron chi connectivity index (χ2n) is 7.31. The Morgan fingerprint density at radius 2 is 1.91 bits per heavy atom. The van der Waals surface area contributed by atoms with Crippen LogP contribution in [0.25, 0.3) is 0 Å². The summed E-state index contributed by atoms with van der Waals surface area (Å²) in [4.78, 5) is 25.0. The van der Waals surface area contributed by atoms with E-state index in [0.29, 0.717) is 34.0 Å². The lowest BCUT2D eigenvalue weighted by atomic mass is 9.93. The number of nitrogens with one attached hydrogen (secondary N) is 2. The number of hydrogen-bond donors (Lipinski definition) is 2. The van der Waals surface area contributed by atoms with Crippen molar-refractivity contribution >= 4 is 23.6 Å². The topological polar surface area (TPSA) is 76.7 Å². The van der Waals surface area contributed by atoms with Gasteiger partial charge >= 0.3 is 12.0 Å². The number of urea groups is 1. The van der Waals surface area contributed by atoms with Crippen LogP contribution in [0.2, 0.25) is 5.02 Å². The zero-order valence-electron chi connectivity index (χ0n) is 18.0. The van der Waals surface area contributed by atoms with Crippen LogP contribution < -0.4 is 15.4 Å². The molecule has 1 aliphatic rings. The van der Waals surface area contributed by atoms with Gasteiger partial charge in [-0.1, -0.05) is 43.1 Å². The van der Waals surface area contributed by atoms with Gasteiger partial charge in [0.05, 0.1) is 23.2 Å². The fourth-order valence-corrected chi connectivity index (χ4v) is 3.67. The molecular formula is C24H26ClFN2O4. The molecule has 0 aliphatic carbocycles. The van der Waals surface area contributed by atoms with Crippen LogP contribution in [0, 0.1) is 5.82 Å². The van der Waals surface area contributed by atoms with Gasteiger partial charge in [0.15, 0.2) is 0 Å². The summed E-state index contributed by atoms with van der Waals surface area (Å²) in [7, 11) is 0. The average molecular weight is 461 g/mol. The van der Waals surface area contributed by atoms with Gasteiger partial charge in [-0.05, 0) is 49.6 Å². The number of ether oxygens (including phenoxy) is 2. The monoisotopic (exact) mass is 460 g/mol. The summed E-state index contributed by atoms with van der Waals surface area (Å²) in [5.41, 5.74) is 1.95. The first-order valence-electron chi connectivity index (χ1n) is 10.6. The quantitative estimate of drug-likeness (QED) is 0.490. The van der Waals surface area contributed by atoms with Crippen LogP contribution in [0.5, 0.6) is 5.75 Å². The third-order valence-corrected chi connectivity index (χ3v) is 5.44. The molecule has 1 atom stereocenters. The van der Waals surface area contributed by atoms with Crippen molar-refractivity contribution in [3.63, 3.8) is 0 Å². The lowest BCUT2D eigenvalue weighted by molar-refractivity contribution is -0.139. The number of halogens is 2. The largest absolute Gasteiger partial charge is 0.489 e. The van der Waals surface area contributed by atoms with Gasteiger partial charge in [-0.25, -0.2) is 14.0 Å². The van der Waals surface area contributed by atoms with Gasteiger partial charge < -0.3 is 20.1 Å². The molecule has 0 bridgehead atoms. The lowest BCUT2D eigenvalue weighted by Gasteiger charge is -2.29. The van der Waals surface area contributed by atoms with Crippen LogP contribution in [0.15, 0.2) is 53.7 Å². The van der Waals surface area contributed by atoms with Gasteiger partial charge in [-0.15, -0.1) is 0 Å². The Labute approximate surface area is 191 Å². The van der Waals surface area contributed by atoms with Gasteiger partial charge in [0.1, 0.15) is 18.2 Å². The Morgan fingerprint density at radius 1 is 1.16 bits per heavy atom. The third-order valence-electron chi connectivity index (χ3n) is 5.09. The van der Waals surface area contributed by atoms with Crippen LogP contribution in [-0.2, 0) is 16.1 Å². The highest BCUT2D eigenvalue weighted by Gasteiger charge is 2.33. The number of carbonyl (C=O) groups excluding carboxylic acids is 2. The Kier molecular flexibility index (Phi) is 8.11. The van der Waals surface area contributed by atoms with Crippen molar-refractivity contribution in [1.29, 1.82) is 0 Å². The van der Waals surface area contributed by atoms with E-state index in [1.54, 1.807) is 37.3 Å². The number of esters is 1. The fraction of sp³-hybridized carbons (Fsp3) is 0.333. The predicted octanol–water partition coefficient (Wildman–Crippen LogP) is 5.42. The van der Waals surface area contributed by atoms with Crippen LogP contribution in [-0.4, -0.2) is 18.6 Å². The second kappa shape index (κ2) is 11.0. The molecule has 0 saturated carbocycles. The number of benzene rings is 2. The molecule has 0 saturated heterocycles. The first kappa shape index (κ1) is 23.6. The molecule has 6 nitrogen and oxygen atoms in total. The number of rotatable bonds is 9. The highest BCUT2D eigenvalue weighted by molar-refractivity contribution is 6.31. The zero-order valence-corrected chi connectivity index (χ0v) is 18.8. The Balaban J connectivity index is 1.83. The summed E-state index contributed by atoms with van der Waals surface area (Å²) in [6, 6.07) is 10.4. The molecule has 0 fully saturated rings. The molecule has 8 heteroatoms. The highest BCUT2D eigenvalue weighted by Crippen LogP contribution is 2.31. The molecule has 0 radical (unpaired) electrons. The Morgan fingerprint density at radius 3 is 2.56 bits per heavy atom. The minimum atomic E-state index is -0.648. The van der Waals surface area contributed by atoms with Crippen LogP contribution in [0.1, 0.15) is 50.3 Å². The van der Waals surface area contributed by atoms with E-state index < -0.39 is 17.8 Å². The summed E-state index contributed by atoms with van der Waals surface area (Å²) in [6.45, 7) is 3.99. The summed E-state index contributed by atoms with van der Waals surface area (Å²) >= 11 is 6.04. The van der Waals surface area contributed by atoms with E-state index in [1.165, 1.54) is 12.1 Å². The standard InChI is InChI=1S/C24H26ClFN2O4/c1-3-5-9-20-21(23(29)31-4-2)22(28-24(30)27-20)15-10-12-16(13-11-15)32-14-17-18(25)7-6-8-19(17)26/h6-8,10-13,22H,3-5,9,14H2,1-2H3,(H2,27,28,30). The Bertz CT molecular complexity index is 987. The van der Waals surface area contributed by atoms with Crippen LogP contribution in [0.4, 0.5) is 9.18 Å². The van der Waals surface area contributed by atoms with Crippen molar-refractivity contribution in [1.82, 2.24) is 10.6 Å². The van der Waals surface area contributed by atoms with Crippen molar-refractivity contribution in [3.05, 3.63) is 75.7 Å². The average Bonchev–Trinajstić information content (AvgIpc) is 2.77. The first-order chi connectivity index (χ1) is 15.4. The van der Waals surface area contributed by atoms with E-state index in [2.05, 4.69) is 10.6 Å². The van der Waals surface area contributed by atoms with Crippen LogP contribution >= 0.6 is 11.6 Å². The van der Waals surface area contributed by atoms with Gasteiger partial charge in [0.2, 0.25) is 0 Å². The molecule has 1 unspecified atom stereocenters. The van der Waals surface area contributed by atoms with E-state index >= 15 is 0 Å². The van der Waals surface area contributed by atoms with E-state index in [1.807, 2.05) is 6.92 Å². The van der Waals surface area contributed by atoms with Gasteiger partial charge in [-0.2, -0.15) is 0 Å². The maximum absolute atomic E-state index is 13.9. The van der Waals surface area contributed by atoms with Crippen molar-refractivity contribution < 1.29 is 23.5 Å². The minimum Gasteiger partial charge on any atom is -0.489 e. The molecule has 2 amide bonds. The van der Waals surface area contributed by atoms with Gasteiger partial charge in [0, 0.05) is 11.3 Å². The number of allylic oxidation sites excluding steroid dienone is 1. The van der Waals surface area contributed by atoms with Crippen molar-refractivity contribution in [2.24, 2.45) is 0 Å². The third kappa shape index (κ3) is 5.59. The minimum absolute atomic E-state index is 0.0237. The van der Waals surface area contributed by atoms with Crippen molar-refractivity contribution in [2.75, 3.05) is 6.61 Å². The lowest BCUT2D eigenvalue weighted by Crippen LogP contribution is -2.46. The number of hydrogen-bond acceptors (Lipinski definition) is 4. The van der Waals surface area contributed by atoms with Crippen molar-refractivity contribution in [2.45, 2.75) is 45.8 Å². The van der Waals surface area contributed by atoms with Crippen molar-refractivity contribution in [3.8, 4) is 5.75 Å². The molecule has 170 valence electrons. The van der Waals surface area contributed by atoms with E-state index in [0.717, 1.165) is 12.8 Å². The number of amides is 2. The summed E-state index contributed by atoms with van der Waals surface area (Å²) in [5, 5.41) is 5.86. The molecule has 3 rings (SSSR count). The summed E-state index contributed by atoms with van der Waals surface area (Å²) < 4.78 is 24.9. The molecule has 2 N–H and O–H groups in total. The summed E-state index contributed by atoms with van der Waals surface area (Å²) in [5.74, 6) is -0.401. The molecule has 2 aromatic rings. The maximum Gasteiger partial charge on any atom is 0.338 e. The molecule has 1 heterocycles. The first-order valence-corrected chi connectivity index (χ1v) is 11.0. The molecule has 0 aromatic heterocycles. The Hall–Kier alpha value is -3.06. The molecule has 1 aliphatic heterocycles. The van der Waals surface area contributed by atoms with E-state index in [-0.39, 0.29) is 24.8 Å². The smallest absolute Gasteiger partial charge is 0.338 e. The van der Waals surface area contributed by atoms with Crippen LogP contribution in [0.3, 0.4) is 0 Å². The van der Waals surface area contributed by atoms with Gasteiger partial charge in [0.25, 0.3) is 0 Å². The zero-order chi connectivity index (χ0) is 23.1. The van der Waals surface area contributed by atoms with E-state index in [9.17, 15) is 14.0 Å². The molecule has 32 heavy (non-hydrogen) atoms. The van der Waals surface area contributed by atoms with E-state index in [4.69, 9.17) is 21.1 Å². The second-order valence-corrected chi connectivity index (χ2v) is 7.71. The maximum atomic E-state index is 13.9. The number of carbonyl (C=O) groups is 2. The molecule has 2 aromatic carbocycles. The SMILES string of the molecule is CCCCC1=C(C(=O)OCC)C(c2ccc(OCc3c(F)cccc3Cl)cc2)NC(=O)N1. The van der Waals surface area contributed by atoms with Gasteiger partial charge in [-0.3, -0.25) is 0 Å². The predicted molar refractivity (Wildman–Crippen MR) is 120 cm³/mol.